The Balaban J connectivity index is 2.09. The summed E-state index contributed by atoms with van der Waals surface area (Å²) in [6.07, 6.45) is 0. The molecular weight excluding hydrogens is 344 g/mol. The van der Waals surface area contributed by atoms with Gasteiger partial charge in [-0.3, -0.25) is 9.59 Å². The molecule has 0 radical (unpaired) electrons. The third-order valence-electron chi connectivity index (χ3n) is 3.50. The largest absolute Gasteiger partial charge is 0.435 e. The van der Waals surface area contributed by atoms with E-state index in [9.17, 15) is 18.4 Å². The quantitative estimate of drug-likeness (QED) is 0.748. The summed E-state index contributed by atoms with van der Waals surface area (Å²) < 4.78 is 33.4. The molecule has 8 heteroatoms. The molecule has 0 aliphatic rings. The van der Waals surface area contributed by atoms with Gasteiger partial charge in [-0.15, -0.1) is 0 Å². The zero-order valence-electron chi connectivity index (χ0n) is 13.5. The lowest BCUT2D eigenvalue weighted by Gasteiger charge is -2.03. The topological polar surface area (TPSA) is 98.2 Å². The number of benzene rings is 2. The van der Waals surface area contributed by atoms with E-state index in [1.54, 1.807) is 24.3 Å². The average molecular weight is 357 g/mol. The van der Waals surface area contributed by atoms with Gasteiger partial charge in [-0.1, -0.05) is 6.07 Å². The highest BCUT2D eigenvalue weighted by Crippen LogP contribution is 2.32. The second kappa shape index (κ2) is 6.75. The number of nitrogens with zero attached hydrogens (tertiary/aromatic N) is 1. The molecule has 132 valence electrons. The number of aromatic nitrogens is 1. The number of rotatable bonds is 4. The van der Waals surface area contributed by atoms with Gasteiger partial charge in [-0.2, -0.15) is 0 Å². The van der Waals surface area contributed by atoms with Crippen molar-refractivity contribution >= 4 is 17.5 Å². The Hall–Kier alpha value is -3.55. The van der Waals surface area contributed by atoms with Crippen molar-refractivity contribution < 1.29 is 22.8 Å². The predicted octanol–water partition coefficient (Wildman–Crippen LogP) is 3.34. The third kappa shape index (κ3) is 3.30. The van der Waals surface area contributed by atoms with E-state index < -0.39 is 29.0 Å². The van der Waals surface area contributed by atoms with Gasteiger partial charge in [0, 0.05) is 18.2 Å². The molecular formula is C18H13F2N3O3. The number of anilines is 1. The first-order valence-electron chi connectivity index (χ1n) is 7.50. The van der Waals surface area contributed by atoms with Crippen molar-refractivity contribution in [3.05, 3.63) is 59.8 Å². The standard InChI is InChI=1S/C18H13F2N3O3/c1-9(24)22-11-7-5-10(6-8-11)16-15(17(21)25)23-18(26-16)14-12(19)3-2-4-13(14)20/h2-8H,1H3,(H2,21,25)(H,22,24). The summed E-state index contributed by atoms with van der Waals surface area (Å²) in [6.45, 7) is 1.37. The van der Waals surface area contributed by atoms with Crippen molar-refractivity contribution in [2.24, 2.45) is 5.73 Å². The Morgan fingerprint density at radius 1 is 1.08 bits per heavy atom. The summed E-state index contributed by atoms with van der Waals surface area (Å²) in [7, 11) is 0. The first-order valence-corrected chi connectivity index (χ1v) is 7.50. The highest BCUT2D eigenvalue weighted by Gasteiger charge is 2.24. The summed E-state index contributed by atoms with van der Waals surface area (Å²) in [5, 5.41) is 2.59. The molecule has 2 aromatic carbocycles. The van der Waals surface area contributed by atoms with Gasteiger partial charge in [0.05, 0.1) is 0 Å². The first-order chi connectivity index (χ1) is 12.4. The van der Waals surface area contributed by atoms with Gasteiger partial charge in [0.25, 0.3) is 5.91 Å². The van der Waals surface area contributed by atoms with Gasteiger partial charge in [-0.05, 0) is 36.4 Å². The molecule has 0 atom stereocenters. The van der Waals surface area contributed by atoms with Crippen molar-refractivity contribution in [1.82, 2.24) is 4.98 Å². The van der Waals surface area contributed by atoms with Crippen LogP contribution in [0.3, 0.4) is 0 Å². The van der Waals surface area contributed by atoms with Gasteiger partial charge in [0.15, 0.2) is 11.5 Å². The van der Waals surface area contributed by atoms with Crippen LogP contribution in [-0.4, -0.2) is 16.8 Å². The van der Waals surface area contributed by atoms with E-state index >= 15 is 0 Å². The molecule has 0 fully saturated rings. The predicted molar refractivity (Wildman–Crippen MR) is 90.1 cm³/mol. The molecule has 0 aliphatic heterocycles. The van der Waals surface area contributed by atoms with Crippen LogP contribution in [0.5, 0.6) is 0 Å². The number of carbonyl (C=O) groups is 2. The molecule has 6 nitrogen and oxygen atoms in total. The minimum Gasteiger partial charge on any atom is -0.435 e. The molecule has 0 bridgehead atoms. The number of oxazole rings is 1. The second-order valence-electron chi connectivity index (χ2n) is 5.42. The van der Waals surface area contributed by atoms with Crippen LogP contribution in [-0.2, 0) is 4.79 Å². The van der Waals surface area contributed by atoms with Crippen molar-refractivity contribution in [1.29, 1.82) is 0 Å². The van der Waals surface area contributed by atoms with Crippen LogP contribution in [0.2, 0.25) is 0 Å². The number of nitrogens with one attached hydrogen (secondary N) is 1. The minimum atomic E-state index is -0.905. The van der Waals surface area contributed by atoms with Crippen LogP contribution in [0, 0.1) is 11.6 Å². The van der Waals surface area contributed by atoms with Crippen LogP contribution in [0.4, 0.5) is 14.5 Å². The maximum absolute atomic E-state index is 14.0. The highest BCUT2D eigenvalue weighted by atomic mass is 19.1. The van der Waals surface area contributed by atoms with Crippen LogP contribution < -0.4 is 11.1 Å². The summed E-state index contributed by atoms with van der Waals surface area (Å²) >= 11 is 0. The third-order valence-corrected chi connectivity index (χ3v) is 3.50. The lowest BCUT2D eigenvalue weighted by molar-refractivity contribution is -0.114. The summed E-state index contributed by atoms with van der Waals surface area (Å²) in [5.41, 5.74) is 5.50. The fraction of sp³-hybridized carbons (Fsp3) is 0.0556. The first kappa shape index (κ1) is 17.3. The molecule has 3 rings (SSSR count). The molecule has 0 saturated carbocycles. The summed E-state index contributed by atoms with van der Waals surface area (Å²) in [4.78, 5) is 26.6. The van der Waals surface area contributed by atoms with Crippen LogP contribution in [0.1, 0.15) is 17.4 Å². The molecule has 1 heterocycles. The average Bonchev–Trinajstić information content (AvgIpc) is 3.00. The van der Waals surface area contributed by atoms with Crippen molar-refractivity contribution in [2.75, 3.05) is 5.32 Å². The number of nitrogens with two attached hydrogens (primary N) is 1. The number of halogens is 2. The Morgan fingerprint density at radius 2 is 1.69 bits per heavy atom. The van der Waals surface area contributed by atoms with E-state index in [2.05, 4.69) is 10.3 Å². The fourth-order valence-electron chi connectivity index (χ4n) is 2.40. The van der Waals surface area contributed by atoms with E-state index in [-0.39, 0.29) is 17.4 Å². The molecule has 0 unspecified atom stereocenters. The summed E-state index contributed by atoms with van der Waals surface area (Å²) in [5.74, 6) is -3.32. The fourth-order valence-corrected chi connectivity index (χ4v) is 2.40. The number of hydrogen-bond donors (Lipinski definition) is 2. The molecule has 3 aromatic rings. The van der Waals surface area contributed by atoms with Crippen LogP contribution in [0.25, 0.3) is 22.8 Å². The van der Waals surface area contributed by atoms with Gasteiger partial charge in [0.2, 0.25) is 11.8 Å². The SMILES string of the molecule is CC(=O)Nc1ccc(-c2oc(-c3c(F)cccc3F)nc2C(N)=O)cc1. The van der Waals surface area contributed by atoms with Gasteiger partial charge in [0.1, 0.15) is 17.2 Å². The molecule has 1 aromatic heterocycles. The number of amides is 2. The van der Waals surface area contributed by atoms with E-state index in [1.165, 1.54) is 13.0 Å². The maximum Gasteiger partial charge on any atom is 0.271 e. The molecule has 3 N–H and O–H groups in total. The number of carbonyl (C=O) groups excluding carboxylic acids is 2. The Morgan fingerprint density at radius 3 is 2.23 bits per heavy atom. The number of primary amides is 1. The van der Waals surface area contributed by atoms with E-state index in [0.29, 0.717) is 11.3 Å². The normalized spacial score (nSPS) is 10.6. The Bertz CT molecular complexity index is 977. The van der Waals surface area contributed by atoms with Crippen LogP contribution >= 0.6 is 0 Å². The molecule has 0 aliphatic carbocycles. The van der Waals surface area contributed by atoms with E-state index in [0.717, 1.165) is 12.1 Å². The molecule has 0 spiro atoms. The lowest BCUT2D eigenvalue weighted by atomic mass is 10.1. The molecule has 26 heavy (non-hydrogen) atoms. The smallest absolute Gasteiger partial charge is 0.271 e. The van der Waals surface area contributed by atoms with Crippen molar-refractivity contribution in [2.45, 2.75) is 6.92 Å². The van der Waals surface area contributed by atoms with E-state index in [4.69, 9.17) is 10.2 Å². The van der Waals surface area contributed by atoms with Crippen LogP contribution in [0.15, 0.2) is 46.9 Å². The Kier molecular flexibility index (Phi) is 4.49. The lowest BCUT2D eigenvalue weighted by Crippen LogP contribution is -2.12. The van der Waals surface area contributed by atoms with E-state index in [1.807, 2.05) is 0 Å². The zero-order valence-corrected chi connectivity index (χ0v) is 13.5. The maximum atomic E-state index is 14.0. The van der Waals surface area contributed by atoms with Gasteiger partial charge in [-0.25, -0.2) is 13.8 Å². The minimum absolute atomic E-state index is 0.0236. The highest BCUT2D eigenvalue weighted by molar-refractivity contribution is 5.97. The second-order valence-corrected chi connectivity index (χ2v) is 5.42. The monoisotopic (exact) mass is 357 g/mol. The number of hydrogen-bond acceptors (Lipinski definition) is 4. The molecule has 2 amide bonds. The van der Waals surface area contributed by atoms with Crippen molar-refractivity contribution in [3.8, 4) is 22.8 Å². The van der Waals surface area contributed by atoms with Crippen molar-refractivity contribution in [3.63, 3.8) is 0 Å². The van der Waals surface area contributed by atoms with Gasteiger partial charge >= 0.3 is 0 Å². The molecule has 0 saturated heterocycles. The summed E-state index contributed by atoms with van der Waals surface area (Å²) in [6, 6.07) is 9.57. The van der Waals surface area contributed by atoms with Gasteiger partial charge < -0.3 is 15.5 Å². The zero-order chi connectivity index (χ0) is 18.8. The Labute approximate surface area is 146 Å².